The maximum absolute atomic E-state index is 13.6. The van der Waals surface area contributed by atoms with E-state index in [4.69, 9.17) is 9.31 Å². The van der Waals surface area contributed by atoms with E-state index in [1.165, 1.54) is 25.1 Å². The number of thioether (sulfide) groups is 1. The third-order valence-corrected chi connectivity index (χ3v) is 5.40. The van der Waals surface area contributed by atoms with Crippen LogP contribution in [0.4, 0.5) is 4.39 Å². The summed E-state index contributed by atoms with van der Waals surface area (Å²) in [6.45, 7) is 9.21. The molecule has 4 nitrogen and oxygen atoms in total. The standard InChI is InChI=1S/C18H22BFO4S/c1-12(22)25-11-15(19-23-17(2,3)18(4,5)24-19)8-14-9-16(20)7-6-13(14)10-21/h6-10H,11H2,1-5H3. The van der Waals surface area contributed by atoms with Gasteiger partial charge in [-0.05, 0) is 56.9 Å². The summed E-state index contributed by atoms with van der Waals surface area (Å²) in [5, 5.41) is -0.0442. The Balaban J connectivity index is 2.42. The Kier molecular flexibility index (Phi) is 5.91. The van der Waals surface area contributed by atoms with Crippen LogP contribution in [0.15, 0.2) is 23.7 Å². The number of carbonyl (C=O) groups is 2. The number of aldehydes is 1. The first-order chi connectivity index (χ1) is 11.6. The summed E-state index contributed by atoms with van der Waals surface area (Å²) < 4.78 is 25.7. The minimum absolute atomic E-state index is 0.0442. The molecule has 0 aromatic heterocycles. The first kappa shape index (κ1) is 19.9. The van der Waals surface area contributed by atoms with Crippen molar-refractivity contribution in [2.45, 2.75) is 45.8 Å². The molecule has 1 aromatic rings. The molecule has 0 aliphatic carbocycles. The van der Waals surface area contributed by atoms with Gasteiger partial charge in [-0.15, -0.1) is 0 Å². The van der Waals surface area contributed by atoms with E-state index >= 15 is 0 Å². The van der Waals surface area contributed by atoms with Gasteiger partial charge in [0.25, 0.3) is 0 Å². The molecule has 0 N–H and O–H groups in total. The molecule has 1 aliphatic rings. The summed E-state index contributed by atoms with van der Waals surface area (Å²) in [6.07, 6.45) is 2.34. The van der Waals surface area contributed by atoms with Crippen LogP contribution in [0.25, 0.3) is 6.08 Å². The van der Waals surface area contributed by atoms with Crippen LogP contribution >= 0.6 is 11.8 Å². The molecule has 0 radical (unpaired) electrons. The van der Waals surface area contributed by atoms with Crippen molar-refractivity contribution in [2.24, 2.45) is 0 Å². The van der Waals surface area contributed by atoms with Gasteiger partial charge in [-0.25, -0.2) is 4.39 Å². The van der Waals surface area contributed by atoms with Crippen LogP contribution in [-0.2, 0) is 14.1 Å². The summed E-state index contributed by atoms with van der Waals surface area (Å²) in [5.41, 5.74) is 0.403. The fourth-order valence-electron chi connectivity index (χ4n) is 2.33. The third kappa shape index (κ3) is 4.60. The molecule has 0 bridgehead atoms. The number of rotatable bonds is 5. The lowest BCUT2D eigenvalue weighted by Crippen LogP contribution is -2.41. The van der Waals surface area contributed by atoms with Gasteiger partial charge in [0.15, 0.2) is 11.4 Å². The third-order valence-electron chi connectivity index (χ3n) is 4.51. The molecule has 25 heavy (non-hydrogen) atoms. The molecule has 0 saturated carbocycles. The van der Waals surface area contributed by atoms with E-state index in [1.807, 2.05) is 27.7 Å². The van der Waals surface area contributed by atoms with Crippen LogP contribution in [0.2, 0.25) is 0 Å². The van der Waals surface area contributed by atoms with Crippen LogP contribution in [0.5, 0.6) is 0 Å². The van der Waals surface area contributed by atoms with Gasteiger partial charge in [0.1, 0.15) is 5.82 Å². The van der Waals surface area contributed by atoms with Crippen molar-refractivity contribution in [2.75, 3.05) is 5.75 Å². The lowest BCUT2D eigenvalue weighted by molar-refractivity contribution is -0.109. The van der Waals surface area contributed by atoms with Crippen LogP contribution < -0.4 is 0 Å². The van der Waals surface area contributed by atoms with E-state index in [-0.39, 0.29) is 5.12 Å². The Morgan fingerprint density at radius 3 is 2.32 bits per heavy atom. The minimum atomic E-state index is -0.667. The maximum Gasteiger partial charge on any atom is 0.491 e. The summed E-state index contributed by atoms with van der Waals surface area (Å²) in [5.74, 6) is -0.106. The fourth-order valence-corrected chi connectivity index (χ4v) is 2.92. The van der Waals surface area contributed by atoms with Crippen LogP contribution in [0.1, 0.15) is 50.5 Å². The number of hydrogen-bond donors (Lipinski definition) is 0. The highest BCUT2D eigenvalue weighted by molar-refractivity contribution is 8.13. The zero-order valence-electron chi connectivity index (χ0n) is 15.1. The van der Waals surface area contributed by atoms with E-state index in [0.29, 0.717) is 28.6 Å². The van der Waals surface area contributed by atoms with Gasteiger partial charge >= 0.3 is 7.12 Å². The van der Waals surface area contributed by atoms with Crippen LogP contribution in [0, 0.1) is 5.82 Å². The van der Waals surface area contributed by atoms with Gasteiger partial charge < -0.3 is 9.31 Å². The summed E-state index contributed by atoms with van der Waals surface area (Å²) >= 11 is 1.11. The SMILES string of the molecule is CC(=O)SCC(=Cc1cc(F)ccc1C=O)B1OC(C)(C)C(C)(C)O1. The Labute approximate surface area is 152 Å². The number of halogens is 1. The van der Waals surface area contributed by atoms with Crippen LogP contribution in [0.3, 0.4) is 0 Å². The molecule has 0 atom stereocenters. The average molecular weight is 364 g/mol. The fraction of sp³-hybridized carbons (Fsp3) is 0.444. The highest BCUT2D eigenvalue weighted by atomic mass is 32.2. The molecule has 7 heteroatoms. The quantitative estimate of drug-likeness (QED) is 0.585. The first-order valence-electron chi connectivity index (χ1n) is 8.00. The molecule has 1 aliphatic heterocycles. The number of carbonyl (C=O) groups excluding carboxylic acids is 2. The molecule has 0 amide bonds. The van der Waals surface area contributed by atoms with E-state index in [2.05, 4.69) is 0 Å². The van der Waals surface area contributed by atoms with Gasteiger partial charge in [-0.2, -0.15) is 0 Å². The smallest absolute Gasteiger partial charge is 0.400 e. The lowest BCUT2D eigenvalue weighted by Gasteiger charge is -2.32. The topological polar surface area (TPSA) is 52.6 Å². The molecule has 1 aromatic carbocycles. The second-order valence-corrected chi connectivity index (χ2v) is 8.13. The van der Waals surface area contributed by atoms with E-state index in [1.54, 1.807) is 6.08 Å². The summed E-state index contributed by atoms with van der Waals surface area (Å²) in [7, 11) is -0.667. The van der Waals surface area contributed by atoms with Crippen molar-refractivity contribution >= 4 is 36.4 Å². The maximum atomic E-state index is 13.6. The normalized spacial score (nSPS) is 19.1. The summed E-state index contributed by atoms with van der Waals surface area (Å²) in [6, 6.07) is 3.95. The van der Waals surface area contributed by atoms with E-state index in [9.17, 15) is 14.0 Å². The predicted octanol–water partition coefficient (Wildman–Crippen LogP) is 3.93. The Morgan fingerprint density at radius 1 is 1.20 bits per heavy atom. The Morgan fingerprint density at radius 2 is 1.80 bits per heavy atom. The average Bonchev–Trinajstić information content (AvgIpc) is 2.71. The van der Waals surface area contributed by atoms with Crippen molar-refractivity contribution in [3.63, 3.8) is 0 Å². The van der Waals surface area contributed by atoms with Gasteiger partial charge in [-0.3, -0.25) is 9.59 Å². The van der Waals surface area contributed by atoms with Gasteiger partial charge in [-0.1, -0.05) is 17.8 Å². The van der Waals surface area contributed by atoms with Crippen molar-refractivity contribution in [1.29, 1.82) is 0 Å². The zero-order chi connectivity index (χ0) is 18.8. The number of hydrogen-bond acceptors (Lipinski definition) is 5. The second-order valence-electron chi connectivity index (χ2n) is 6.98. The molecule has 1 heterocycles. The number of benzene rings is 1. The summed E-state index contributed by atoms with van der Waals surface area (Å²) in [4.78, 5) is 22.6. The van der Waals surface area contributed by atoms with E-state index in [0.717, 1.165) is 11.8 Å². The first-order valence-corrected chi connectivity index (χ1v) is 8.98. The molecule has 134 valence electrons. The minimum Gasteiger partial charge on any atom is -0.400 e. The molecule has 1 fully saturated rings. The molecule has 0 unspecified atom stereocenters. The van der Waals surface area contributed by atoms with Crippen molar-refractivity contribution in [3.8, 4) is 0 Å². The molecule has 2 rings (SSSR count). The van der Waals surface area contributed by atoms with Gasteiger partial charge in [0.05, 0.1) is 11.2 Å². The molecular weight excluding hydrogens is 342 g/mol. The van der Waals surface area contributed by atoms with Crippen molar-refractivity contribution in [3.05, 3.63) is 40.6 Å². The monoisotopic (exact) mass is 364 g/mol. The predicted molar refractivity (Wildman–Crippen MR) is 99.0 cm³/mol. The van der Waals surface area contributed by atoms with Gasteiger partial charge in [0, 0.05) is 18.2 Å². The molecular formula is C18H22BFO4S. The Hall–Kier alpha value is -1.44. The molecule has 0 spiro atoms. The van der Waals surface area contributed by atoms with Crippen LogP contribution in [-0.4, -0.2) is 35.5 Å². The lowest BCUT2D eigenvalue weighted by atomic mass is 9.78. The molecule has 1 saturated heterocycles. The zero-order valence-corrected chi connectivity index (χ0v) is 15.9. The largest absolute Gasteiger partial charge is 0.491 e. The van der Waals surface area contributed by atoms with Crippen molar-refractivity contribution < 1.29 is 23.3 Å². The van der Waals surface area contributed by atoms with Crippen molar-refractivity contribution in [1.82, 2.24) is 0 Å². The second kappa shape index (κ2) is 7.44. The van der Waals surface area contributed by atoms with E-state index < -0.39 is 24.1 Å². The highest BCUT2D eigenvalue weighted by Gasteiger charge is 2.52. The Bertz CT molecular complexity index is 699. The van der Waals surface area contributed by atoms with Gasteiger partial charge in [0.2, 0.25) is 0 Å². The highest BCUT2D eigenvalue weighted by Crippen LogP contribution is 2.39.